The van der Waals surface area contributed by atoms with Crippen LogP contribution in [0, 0.1) is 12.8 Å². The summed E-state index contributed by atoms with van der Waals surface area (Å²) in [7, 11) is -3.16. The summed E-state index contributed by atoms with van der Waals surface area (Å²) in [6, 6.07) is 10.0. The molecule has 2 aromatic heterocycles. The SMILES string of the molecule is Cc1ccc(-c2cc(C(=O)NCC3CCN(S(C)(=O)=O)CC3)c3cnn(C(C)C)c3n2)cc1. The molecule has 1 aliphatic rings. The Labute approximate surface area is 195 Å². The molecule has 0 bridgehead atoms. The van der Waals surface area contributed by atoms with Crippen LogP contribution in [0.1, 0.15) is 48.7 Å². The van der Waals surface area contributed by atoms with E-state index in [4.69, 9.17) is 4.98 Å². The van der Waals surface area contributed by atoms with Gasteiger partial charge in [0, 0.05) is 31.2 Å². The molecular weight excluding hydrogens is 438 g/mol. The topological polar surface area (TPSA) is 97.2 Å². The van der Waals surface area contributed by atoms with Gasteiger partial charge >= 0.3 is 0 Å². The van der Waals surface area contributed by atoms with Gasteiger partial charge in [-0.15, -0.1) is 0 Å². The van der Waals surface area contributed by atoms with Crippen LogP contribution < -0.4 is 5.32 Å². The Kier molecular flexibility index (Phi) is 6.54. The molecule has 8 nitrogen and oxygen atoms in total. The highest BCUT2D eigenvalue weighted by molar-refractivity contribution is 7.88. The maximum absolute atomic E-state index is 13.3. The number of hydrogen-bond acceptors (Lipinski definition) is 5. The molecule has 1 aliphatic heterocycles. The molecule has 1 N–H and O–H groups in total. The van der Waals surface area contributed by atoms with Crippen LogP contribution >= 0.6 is 0 Å². The van der Waals surface area contributed by atoms with Crippen LogP contribution in [0.3, 0.4) is 0 Å². The van der Waals surface area contributed by atoms with E-state index in [9.17, 15) is 13.2 Å². The molecule has 0 aliphatic carbocycles. The molecule has 0 spiro atoms. The average Bonchev–Trinajstić information content (AvgIpc) is 3.21. The van der Waals surface area contributed by atoms with Gasteiger partial charge in [-0.1, -0.05) is 29.8 Å². The van der Waals surface area contributed by atoms with E-state index in [0.717, 1.165) is 35.0 Å². The van der Waals surface area contributed by atoms with Gasteiger partial charge in [-0.2, -0.15) is 5.10 Å². The summed E-state index contributed by atoms with van der Waals surface area (Å²) in [5.41, 5.74) is 4.08. The zero-order valence-corrected chi connectivity index (χ0v) is 20.4. The van der Waals surface area contributed by atoms with Crippen LogP contribution in [0.4, 0.5) is 0 Å². The Balaban J connectivity index is 1.58. The predicted octanol–water partition coefficient (Wildman–Crippen LogP) is 3.39. The molecule has 1 aromatic carbocycles. The second kappa shape index (κ2) is 9.23. The number of pyridine rings is 1. The van der Waals surface area contributed by atoms with Crippen LogP contribution in [-0.4, -0.2) is 59.3 Å². The van der Waals surface area contributed by atoms with Crippen molar-refractivity contribution in [2.75, 3.05) is 25.9 Å². The van der Waals surface area contributed by atoms with Crippen LogP contribution in [0.2, 0.25) is 0 Å². The van der Waals surface area contributed by atoms with Crippen LogP contribution in [-0.2, 0) is 10.0 Å². The average molecular weight is 470 g/mol. The molecule has 0 saturated carbocycles. The number of fused-ring (bicyclic) bond motifs is 1. The number of hydrogen-bond donors (Lipinski definition) is 1. The van der Waals surface area contributed by atoms with Crippen molar-refractivity contribution in [3.63, 3.8) is 0 Å². The van der Waals surface area contributed by atoms with Crippen molar-refractivity contribution in [2.45, 2.75) is 39.7 Å². The van der Waals surface area contributed by atoms with Crippen molar-refractivity contribution in [1.29, 1.82) is 0 Å². The van der Waals surface area contributed by atoms with Crippen molar-refractivity contribution in [1.82, 2.24) is 24.4 Å². The van der Waals surface area contributed by atoms with Crippen molar-refractivity contribution in [3.05, 3.63) is 47.7 Å². The third-order valence-corrected chi connectivity index (χ3v) is 7.54. The highest BCUT2D eigenvalue weighted by atomic mass is 32.2. The number of nitrogens with zero attached hydrogens (tertiary/aromatic N) is 4. The zero-order valence-electron chi connectivity index (χ0n) is 19.6. The van der Waals surface area contributed by atoms with Gasteiger partial charge in [0.15, 0.2) is 5.65 Å². The van der Waals surface area contributed by atoms with Gasteiger partial charge in [-0.05, 0) is 45.6 Å². The summed E-state index contributed by atoms with van der Waals surface area (Å²) >= 11 is 0. The molecule has 9 heteroatoms. The van der Waals surface area contributed by atoms with Gasteiger partial charge in [-0.25, -0.2) is 22.4 Å². The Hall–Kier alpha value is -2.78. The molecule has 0 unspecified atom stereocenters. The van der Waals surface area contributed by atoms with E-state index in [2.05, 4.69) is 10.4 Å². The minimum atomic E-state index is -3.16. The monoisotopic (exact) mass is 469 g/mol. The Morgan fingerprint density at radius 3 is 2.45 bits per heavy atom. The lowest BCUT2D eigenvalue weighted by atomic mass is 9.98. The van der Waals surface area contributed by atoms with E-state index >= 15 is 0 Å². The second-order valence-electron chi connectivity index (χ2n) is 9.16. The molecule has 0 radical (unpaired) electrons. The van der Waals surface area contributed by atoms with Crippen LogP contribution in [0.15, 0.2) is 36.5 Å². The number of aryl methyl sites for hydroxylation is 1. The lowest BCUT2D eigenvalue weighted by molar-refractivity contribution is 0.0943. The van der Waals surface area contributed by atoms with E-state index < -0.39 is 10.0 Å². The summed E-state index contributed by atoms with van der Waals surface area (Å²) in [5, 5.41) is 8.27. The number of amides is 1. The van der Waals surface area contributed by atoms with Crippen LogP contribution in [0.5, 0.6) is 0 Å². The summed E-state index contributed by atoms with van der Waals surface area (Å²) in [6.07, 6.45) is 4.42. The van der Waals surface area contributed by atoms with E-state index in [0.29, 0.717) is 30.8 Å². The first-order valence-electron chi connectivity index (χ1n) is 11.3. The van der Waals surface area contributed by atoms with Crippen molar-refractivity contribution in [2.24, 2.45) is 5.92 Å². The van der Waals surface area contributed by atoms with Gasteiger partial charge < -0.3 is 5.32 Å². The number of carbonyl (C=O) groups excluding carboxylic acids is 1. The standard InChI is InChI=1S/C24H31N5O3S/c1-16(2)29-23-21(15-26-29)20(13-22(27-23)19-7-5-17(3)6-8-19)24(30)25-14-18-9-11-28(12-10-18)33(4,31)32/h5-8,13,15-16,18H,9-12,14H2,1-4H3,(H,25,30). The quantitative estimate of drug-likeness (QED) is 0.597. The molecule has 176 valence electrons. The number of nitrogens with one attached hydrogen (secondary N) is 1. The smallest absolute Gasteiger partial charge is 0.252 e. The normalized spacial score (nSPS) is 15.9. The molecule has 33 heavy (non-hydrogen) atoms. The lowest BCUT2D eigenvalue weighted by Crippen LogP contribution is -2.41. The van der Waals surface area contributed by atoms with E-state index in [1.807, 2.05) is 55.8 Å². The summed E-state index contributed by atoms with van der Waals surface area (Å²) in [4.78, 5) is 18.1. The van der Waals surface area contributed by atoms with Gasteiger partial charge in [-0.3, -0.25) is 4.79 Å². The molecule has 4 rings (SSSR count). The first kappa shape index (κ1) is 23.4. The highest BCUT2D eigenvalue weighted by Crippen LogP contribution is 2.27. The van der Waals surface area contributed by atoms with E-state index in [1.165, 1.54) is 10.6 Å². The Bertz CT molecular complexity index is 1260. The zero-order chi connectivity index (χ0) is 23.8. The number of benzene rings is 1. The van der Waals surface area contributed by atoms with Crippen molar-refractivity contribution in [3.8, 4) is 11.3 Å². The highest BCUT2D eigenvalue weighted by Gasteiger charge is 2.26. The molecule has 1 saturated heterocycles. The van der Waals surface area contributed by atoms with Crippen LogP contribution in [0.25, 0.3) is 22.3 Å². The fourth-order valence-corrected chi connectivity index (χ4v) is 5.11. The molecule has 3 aromatic rings. The van der Waals surface area contributed by atoms with Gasteiger partial charge in [0.05, 0.1) is 29.1 Å². The number of piperidine rings is 1. The van der Waals surface area contributed by atoms with Gasteiger partial charge in [0.2, 0.25) is 10.0 Å². The third kappa shape index (κ3) is 5.09. The first-order valence-corrected chi connectivity index (χ1v) is 13.2. The molecular formula is C24H31N5O3S. The molecule has 1 fully saturated rings. The predicted molar refractivity (Wildman–Crippen MR) is 130 cm³/mol. The molecule has 0 atom stereocenters. The van der Waals surface area contributed by atoms with Crippen molar-refractivity contribution >= 4 is 27.0 Å². The van der Waals surface area contributed by atoms with Gasteiger partial charge in [0.25, 0.3) is 5.91 Å². The van der Waals surface area contributed by atoms with E-state index in [-0.39, 0.29) is 17.9 Å². The fourth-order valence-electron chi connectivity index (χ4n) is 4.23. The molecule has 1 amide bonds. The second-order valence-corrected chi connectivity index (χ2v) is 11.1. The summed E-state index contributed by atoms with van der Waals surface area (Å²) in [5.74, 6) is 0.0869. The largest absolute Gasteiger partial charge is 0.352 e. The minimum Gasteiger partial charge on any atom is -0.352 e. The summed E-state index contributed by atoms with van der Waals surface area (Å²) < 4.78 is 26.8. The number of sulfonamides is 1. The Morgan fingerprint density at radius 2 is 1.85 bits per heavy atom. The maximum atomic E-state index is 13.3. The van der Waals surface area contributed by atoms with Crippen molar-refractivity contribution < 1.29 is 13.2 Å². The van der Waals surface area contributed by atoms with E-state index in [1.54, 1.807) is 6.20 Å². The minimum absolute atomic E-state index is 0.110. The lowest BCUT2D eigenvalue weighted by Gasteiger charge is -2.30. The Morgan fingerprint density at radius 1 is 1.18 bits per heavy atom. The maximum Gasteiger partial charge on any atom is 0.252 e. The third-order valence-electron chi connectivity index (χ3n) is 6.24. The fraction of sp³-hybridized carbons (Fsp3) is 0.458. The number of rotatable bonds is 6. The number of aromatic nitrogens is 3. The molecule has 3 heterocycles. The summed E-state index contributed by atoms with van der Waals surface area (Å²) in [6.45, 7) is 7.62. The first-order chi connectivity index (χ1) is 15.6. The number of carbonyl (C=O) groups is 1. The van der Waals surface area contributed by atoms with Gasteiger partial charge in [0.1, 0.15) is 0 Å².